The molecule has 1 unspecified atom stereocenters. The van der Waals surface area contributed by atoms with E-state index in [1.807, 2.05) is 29.5 Å². The summed E-state index contributed by atoms with van der Waals surface area (Å²) in [5, 5.41) is 13.7. The van der Waals surface area contributed by atoms with Gasteiger partial charge in [-0.3, -0.25) is 14.9 Å². The van der Waals surface area contributed by atoms with Gasteiger partial charge in [0.1, 0.15) is 0 Å². The summed E-state index contributed by atoms with van der Waals surface area (Å²) in [4.78, 5) is 22.5. The maximum atomic E-state index is 12.2. The molecule has 0 saturated carbocycles. The van der Waals surface area contributed by atoms with Crippen LogP contribution in [0.3, 0.4) is 0 Å². The van der Waals surface area contributed by atoms with Crippen molar-refractivity contribution < 1.29 is 9.72 Å². The number of halogens is 1. The van der Waals surface area contributed by atoms with Crippen molar-refractivity contribution in [3.05, 3.63) is 37.4 Å². The van der Waals surface area contributed by atoms with Crippen LogP contribution in [0.5, 0.6) is 0 Å². The SMILES string of the molecule is CCC(CC)C(C)NC(=O)c1cc([N+](=O)[O-])ccc1I. The molecule has 0 heterocycles. The van der Waals surface area contributed by atoms with E-state index in [0.29, 0.717) is 15.1 Å². The fraction of sp³-hybridized carbons (Fsp3) is 0.500. The van der Waals surface area contributed by atoms with E-state index in [0.717, 1.165) is 12.8 Å². The number of nitrogens with zero attached hydrogens (tertiary/aromatic N) is 1. The molecule has 1 aromatic carbocycles. The number of carbonyl (C=O) groups excluding carboxylic acids is 1. The number of rotatable bonds is 6. The molecule has 5 nitrogen and oxygen atoms in total. The first-order valence-electron chi connectivity index (χ1n) is 6.65. The molecule has 1 N–H and O–H groups in total. The molecule has 1 aromatic rings. The highest BCUT2D eigenvalue weighted by molar-refractivity contribution is 14.1. The Balaban J connectivity index is 2.92. The lowest BCUT2D eigenvalue weighted by molar-refractivity contribution is -0.384. The first-order chi connectivity index (χ1) is 9.40. The summed E-state index contributed by atoms with van der Waals surface area (Å²) in [6, 6.07) is 4.38. The predicted molar refractivity (Wildman–Crippen MR) is 86.8 cm³/mol. The van der Waals surface area contributed by atoms with E-state index >= 15 is 0 Å². The van der Waals surface area contributed by atoms with Crippen LogP contribution in [-0.2, 0) is 0 Å². The third-order valence-corrected chi connectivity index (χ3v) is 4.46. The zero-order valence-electron chi connectivity index (χ0n) is 11.9. The van der Waals surface area contributed by atoms with Gasteiger partial charge in [0.15, 0.2) is 0 Å². The third-order valence-electron chi connectivity index (χ3n) is 3.52. The van der Waals surface area contributed by atoms with Crippen molar-refractivity contribution in [1.82, 2.24) is 5.32 Å². The molecule has 0 aliphatic heterocycles. The molecular formula is C14H19IN2O3. The maximum absolute atomic E-state index is 12.2. The quantitative estimate of drug-likeness (QED) is 0.457. The molecule has 1 atom stereocenters. The van der Waals surface area contributed by atoms with Crippen molar-refractivity contribution in [2.75, 3.05) is 0 Å². The second-order valence-electron chi connectivity index (χ2n) is 4.76. The molecule has 0 spiro atoms. The molecular weight excluding hydrogens is 371 g/mol. The highest BCUT2D eigenvalue weighted by atomic mass is 127. The first-order valence-corrected chi connectivity index (χ1v) is 7.73. The van der Waals surface area contributed by atoms with E-state index < -0.39 is 4.92 Å². The Morgan fingerprint density at radius 2 is 2.00 bits per heavy atom. The van der Waals surface area contributed by atoms with Gasteiger partial charge in [-0.05, 0) is 41.5 Å². The lowest BCUT2D eigenvalue weighted by atomic mass is 9.95. The van der Waals surface area contributed by atoms with Crippen molar-refractivity contribution in [3.8, 4) is 0 Å². The maximum Gasteiger partial charge on any atom is 0.270 e. The highest BCUT2D eigenvalue weighted by Gasteiger charge is 2.20. The van der Waals surface area contributed by atoms with Crippen molar-refractivity contribution in [1.29, 1.82) is 0 Å². The number of benzene rings is 1. The highest BCUT2D eigenvalue weighted by Crippen LogP contribution is 2.20. The number of nitro benzene ring substituents is 1. The molecule has 0 fully saturated rings. The van der Waals surface area contributed by atoms with Crippen molar-refractivity contribution >= 4 is 34.2 Å². The summed E-state index contributed by atoms with van der Waals surface area (Å²) in [6.45, 7) is 6.15. The summed E-state index contributed by atoms with van der Waals surface area (Å²) in [5.41, 5.74) is 0.295. The number of nitrogens with one attached hydrogen (secondary N) is 1. The Morgan fingerprint density at radius 1 is 1.40 bits per heavy atom. The van der Waals surface area contributed by atoms with Crippen LogP contribution < -0.4 is 5.32 Å². The summed E-state index contributed by atoms with van der Waals surface area (Å²) < 4.78 is 0.711. The van der Waals surface area contributed by atoms with Gasteiger partial charge in [0, 0.05) is 21.7 Å². The van der Waals surface area contributed by atoms with Gasteiger partial charge >= 0.3 is 0 Å². The Kier molecular flexibility index (Phi) is 6.38. The molecule has 1 amide bonds. The van der Waals surface area contributed by atoms with Gasteiger partial charge in [0.05, 0.1) is 10.5 Å². The van der Waals surface area contributed by atoms with Crippen LogP contribution in [0.1, 0.15) is 44.0 Å². The van der Waals surface area contributed by atoms with E-state index in [9.17, 15) is 14.9 Å². The zero-order valence-corrected chi connectivity index (χ0v) is 14.0. The molecule has 0 saturated heterocycles. The minimum atomic E-state index is -0.489. The van der Waals surface area contributed by atoms with E-state index in [4.69, 9.17) is 0 Å². The Labute approximate surface area is 132 Å². The topological polar surface area (TPSA) is 72.2 Å². The standard InChI is InChI=1S/C14H19IN2O3/c1-4-10(5-2)9(3)16-14(18)12-8-11(17(19)20)6-7-13(12)15/h6-10H,4-5H2,1-3H3,(H,16,18). The lowest BCUT2D eigenvalue weighted by Crippen LogP contribution is -2.38. The summed E-state index contributed by atoms with van der Waals surface area (Å²) in [6.07, 6.45) is 1.98. The van der Waals surface area contributed by atoms with Gasteiger partial charge in [-0.25, -0.2) is 0 Å². The number of hydrogen-bond acceptors (Lipinski definition) is 3. The van der Waals surface area contributed by atoms with Crippen LogP contribution in [0, 0.1) is 19.6 Å². The fourth-order valence-corrected chi connectivity index (χ4v) is 2.78. The number of hydrogen-bond donors (Lipinski definition) is 1. The minimum absolute atomic E-state index is 0.0487. The van der Waals surface area contributed by atoms with E-state index in [1.54, 1.807) is 6.07 Å². The molecule has 20 heavy (non-hydrogen) atoms. The Hall–Kier alpha value is -1.18. The van der Waals surface area contributed by atoms with E-state index in [1.165, 1.54) is 12.1 Å². The summed E-state index contributed by atoms with van der Waals surface area (Å²) >= 11 is 2.01. The van der Waals surface area contributed by atoms with Crippen molar-refractivity contribution in [2.45, 2.75) is 39.7 Å². The fourth-order valence-electron chi connectivity index (χ4n) is 2.20. The van der Waals surface area contributed by atoms with Gasteiger partial charge in [-0.1, -0.05) is 26.7 Å². The lowest BCUT2D eigenvalue weighted by Gasteiger charge is -2.22. The number of amides is 1. The second-order valence-corrected chi connectivity index (χ2v) is 5.92. The predicted octanol–water partition coefficient (Wildman–Crippen LogP) is 3.75. The van der Waals surface area contributed by atoms with Crippen LogP contribution in [-0.4, -0.2) is 16.9 Å². The van der Waals surface area contributed by atoms with Gasteiger partial charge in [0.2, 0.25) is 0 Å². The minimum Gasteiger partial charge on any atom is -0.349 e. The molecule has 0 bridgehead atoms. The Morgan fingerprint density at radius 3 is 2.50 bits per heavy atom. The molecule has 110 valence electrons. The monoisotopic (exact) mass is 390 g/mol. The van der Waals surface area contributed by atoms with Crippen LogP contribution in [0.15, 0.2) is 18.2 Å². The average molecular weight is 390 g/mol. The second kappa shape index (κ2) is 7.56. The van der Waals surface area contributed by atoms with E-state index in [-0.39, 0.29) is 17.6 Å². The smallest absolute Gasteiger partial charge is 0.270 e. The zero-order chi connectivity index (χ0) is 15.3. The number of carbonyl (C=O) groups is 1. The van der Waals surface area contributed by atoms with Crippen LogP contribution >= 0.6 is 22.6 Å². The van der Waals surface area contributed by atoms with Crippen molar-refractivity contribution in [2.24, 2.45) is 5.92 Å². The van der Waals surface area contributed by atoms with Gasteiger partial charge in [-0.2, -0.15) is 0 Å². The third kappa shape index (κ3) is 4.16. The summed E-state index contributed by atoms with van der Waals surface area (Å²) in [7, 11) is 0. The normalized spacial score (nSPS) is 12.2. The summed E-state index contributed by atoms with van der Waals surface area (Å²) in [5.74, 6) is 0.160. The molecule has 6 heteroatoms. The molecule has 0 aromatic heterocycles. The van der Waals surface area contributed by atoms with Crippen molar-refractivity contribution in [3.63, 3.8) is 0 Å². The number of non-ortho nitro benzene ring substituents is 1. The van der Waals surface area contributed by atoms with E-state index in [2.05, 4.69) is 19.2 Å². The van der Waals surface area contributed by atoms with Gasteiger partial charge in [0.25, 0.3) is 11.6 Å². The van der Waals surface area contributed by atoms with Gasteiger partial charge < -0.3 is 5.32 Å². The largest absolute Gasteiger partial charge is 0.349 e. The van der Waals surface area contributed by atoms with Crippen LogP contribution in [0.2, 0.25) is 0 Å². The van der Waals surface area contributed by atoms with Crippen LogP contribution in [0.25, 0.3) is 0 Å². The molecule has 0 aliphatic rings. The first kappa shape index (κ1) is 16.9. The average Bonchev–Trinajstić information content (AvgIpc) is 2.40. The van der Waals surface area contributed by atoms with Crippen LogP contribution in [0.4, 0.5) is 5.69 Å². The van der Waals surface area contributed by atoms with Gasteiger partial charge in [-0.15, -0.1) is 0 Å². The molecule has 1 rings (SSSR count). The number of nitro groups is 1. The molecule has 0 radical (unpaired) electrons. The Bertz CT molecular complexity index is 501. The molecule has 0 aliphatic carbocycles.